The van der Waals surface area contributed by atoms with E-state index in [1.54, 1.807) is 0 Å². The molecule has 0 heterocycles. The summed E-state index contributed by atoms with van der Waals surface area (Å²) in [5.41, 5.74) is 2.57. The second kappa shape index (κ2) is 10.9. The van der Waals surface area contributed by atoms with Crippen LogP contribution in [0.15, 0.2) is 55.1 Å². The van der Waals surface area contributed by atoms with E-state index in [4.69, 9.17) is 0 Å². The summed E-state index contributed by atoms with van der Waals surface area (Å²) in [4.78, 5) is 0. The highest BCUT2D eigenvalue weighted by Crippen LogP contribution is 2.05. The van der Waals surface area contributed by atoms with E-state index in [-0.39, 0.29) is 0 Å². The second-order valence-corrected chi connectivity index (χ2v) is 3.39. The van der Waals surface area contributed by atoms with Crippen molar-refractivity contribution in [3.63, 3.8) is 0 Å². The van der Waals surface area contributed by atoms with E-state index in [9.17, 15) is 0 Å². The Morgan fingerprint density at radius 2 is 1.59 bits per heavy atom. The van der Waals surface area contributed by atoms with Crippen molar-refractivity contribution in [2.75, 3.05) is 0 Å². The Labute approximate surface area is 106 Å². The lowest BCUT2D eigenvalue weighted by Crippen LogP contribution is -1.78. The minimum atomic E-state index is 1.11. The van der Waals surface area contributed by atoms with E-state index in [0.29, 0.717) is 0 Å². The standard InChI is InChI=1S/C10H12.C5H6.C2H6/c1-3-9-5-7-10(4-2)8-6-9;1-2-4-5-3-1;1-2/h3,5-8H,1,4H2,2H3;1-4H,5H2;1-2H3. The van der Waals surface area contributed by atoms with Gasteiger partial charge in [-0.05, 0) is 24.0 Å². The molecule has 1 aromatic rings. The van der Waals surface area contributed by atoms with Crippen LogP contribution in [0.1, 0.15) is 38.3 Å². The van der Waals surface area contributed by atoms with E-state index < -0.39 is 0 Å². The molecule has 92 valence electrons. The van der Waals surface area contributed by atoms with Crippen molar-refractivity contribution in [2.45, 2.75) is 33.6 Å². The predicted molar refractivity (Wildman–Crippen MR) is 80.2 cm³/mol. The zero-order valence-electron chi connectivity index (χ0n) is 11.3. The Morgan fingerprint density at radius 3 is 1.88 bits per heavy atom. The van der Waals surface area contributed by atoms with Crippen molar-refractivity contribution < 1.29 is 0 Å². The van der Waals surface area contributed by atoms with Crippen LogP contribution in [0.5, 0.6) is 0 Å². The highest BCUT2D eigenvalue weighted by molar-refractivity contribution is 5.47. The summed E-state index contributed by atoms with van der Waals surface area (Å²) in [5, 5.41) is 0. The third kappa shape index (κ3) is 7.35. The lowest BCUT2D eigenvalue weighted by Gasteiger charge is -1.95. The van der Waals surface area contributed by atoms with Crippen LogP contribution in [0.25, 0.3) is 6.08 Å². The smallest absolute Gasteiger partial charge is 0.0163 e. The van der Waals surface area contributed by atoms with Gasteiger partial charge in [0.05, 0.1) is 0 Å². The van der Waals surface area contributed by atoms with Crippen LogP contribution in [0.4, 0.5) is 0 Å². The molecule has 0 heteroatoms. The van der Waals surface area contributed by atoms with Gasteiger partial charge in [0, 0.05) is 0 Å². The summed E-state index contributed by atoms with van der Waals surface area (Å²) >= 11 is 0. The molecular weight excluding hydrogens is 204 g/mol. The molecule has 17 heavy (non-hydrogen) atoms. The van der Waals surface area contributed by atoms with Gasteiger partial charge >= 0.3 is 0 Å². The van der Waals surface area contributed by atoms with Gasteiger partial charge in [-0.3, -0.25) is 0 Å². The van der Waals surface area contributed by atoms with E-state index in [0.717, 1.165) is 12.8 Å². The van der Waals surface area contributed by atoms with Gasteiger partial charge in [0.25, 0.3) is 0 Å². The monoisotopic (exact) mass is 228 g/mol. The van der Waals surface area contributed by atoms with Gasteiger partial charge in [-0.1, -0.05) is 82.0 Å². The fraction of sp³-hybridized carbons (Fsp3) is 0.294. The summed E-state index contributed by atoms with van der Waals surface area (Å²) in [5.74, 6) is 0. The Kier molecular flexibility index (Phi) is 9.94. The first-order chi connectivity index (χ1) is 8.36. The fourth-order valence-corrected chi connectivity index (χ4v) is 1.28. The fourth-order valence-electron chi connectivity index (χ4n) is 1.28. The summed E-state index contributed by atoms with van der Waals surface area (Å²) in [7, 11) is 0. The first kappa shape index (κ1) is 15.4. The average Bonchev–Trinajstić information content (AvgIpc) is 3.00. The zero-order chi connectivity index (χ0) is 12.9. The third-order valence-corrected chi connectivity index (χ3v) is 2.28. The van der Waals surface area contributed by atoms with Gasteiger partial charge < -0.3 is 0 Å². The van der Waals surface area contributed by atoms with Gasteiger partial charge in [0.1, 0.15) is 0 Å². The molecule has 1 aliphatic rings. The average molecular weight is 228 g/mol. The number of allylic oxidation sites excluding steroid dienone is 4. The highest BCUT2D eigenvalue weighted by Gasteiger charge is 1.86. The molecule has 0 N–H and O–H groups in total. The van der Waals surface area contributed by atoms with Crippen molar-refractivity contribution >= 4 is 6.08 Å². The van der Waals surface area contributed by atoms with Crippen LogP contribution in [-0.4, -0.2) is 0 Å². The molecule has 1 aliphatic carbocycles. The molecule has 0 bridgehead atoms. The molecule has 0 amide bonds. The maximum Gasteiger partial charge on any atom is -0.0163 e. The Hall–Kier alpha value is -1.56. The van der Waals surface area contributed by atoms with Gasteiger partial charge in [0.2, 0.25) is 0 Å². The van der Waals surface area contributed by atoms with Crippen molar-refractivity contribution in [3.8, 4) is 0 Å². The summed E-state index contributed by atoms with van der Waals surface area (Å²) in [6.45, 7) is 9.84. The van der Waals surface area contributed by atoms with E-state index in [1.165, 1.54) is 11.1 Å². The Balaban J connectivity index is 0.000000306. The van der Waals surface area contributed by atoms with Crippen molar-refractivity contribution in [3.05, 3.63) is 66.3 Å². The number of aryl methyl sites for hydroxylation is 1. The number of rotatable bonds is 2. The molecule has 0 aromatic heterocycles. The summed E-state index contributed by atoms with van der Waals surface area (Å²) in [6, 6.07) is 8.45. The molecule has 0 aliphatic heterocycles. The molecule has 0 spiro atoms. The van der Waals surface area contributed by atoms with Crippen LogP contribution in [-0.2, 0) is 6.42 Å². The van der Waals surface area contributed by atoms with E-state index in [1.807, 2.05) is 19.9 Å². The van der Waals surface area contributed by atoms with Gasteiger partial charge in [-0.15, -0.1) is 0 Å². The molecule has 1 aromatic carbocycles. The van der Waals surface area contributed by atoms with Gasteiger partial charge in [0.15, 0.2) is 0 Å². The van der Waals surface area contributed by atoms with Crippen LogP contribution >= 0.6 is 0 Å². The first-order valence-corrected chi connectivity index (χ1v) is 6.40. The summed E-state index contributed by atoms with van der Waals surface area (Å²) in [6.07, 6.45) is 12.5. The largest absolute Gasteiger partial charge is 0.0985 e. The molecule has 0 unspecified atom stereocenters. The molecule has 0 saturated heterocycles. The van der Waals surface area contributed by atoms with Gasteiger partial charge in [-0.2, -0.15) is 0 Å². The molecule has 0 saturated carbocycles. The van der Waals surface area contributed by atoms with Crippen LogP contribution in [0.3, 0.4) is 0 Å². The van der Waals surface area contributed by atoms with Crippen molar-refractivity contribution in [1.82, 2.24) is 0 Å². The Morgan fingerprint density at radius 1 is 1.06 bits per heavy atom. The SMILES string of the molecule is C1=CCC=C1.C=Cc1ccc(CC)cc1.CC. The minimum Gasteiger partial charge on any atom is -0.0985 e. The quantitative estimate of drug-likeness (QED) is 0.634. The number of hydrogen-bond acceptors (Lipinski definition) is 0. The Bertz CT molecular complexity index is 329. The topological polar surface area (TPSA) is 0 Å². The molecule has 0 radical (unpaired) electrons. The van der Waals surface area contributed by atoms with Crippen LogP contribution < -0.4 is 0 Å². The highest BCUT2D eigenvalue weighted by atomic mass is 13.9. The number of benzene rings is 1. The minimum absolute atomic E-state index is 1.11. The normalized spacial score (nSPS) is 11.0. The van der Waals surface area contributed by atoms with Crippen LogP contribution in [0.2, 0.25) is 0 Å². The zero-order valence-corrected chi connectivity index (χ0v) is 11.3. The lowest BCUT2D eigenvalue weighted by atomic mass is 10.1. The number of hydrogen-bond donors (Lipinski definition) is 0. The molecule has 2 rings (SSSR count). The first-order valence-electron chi connectivity index (χ1n) is 6.40. The van der Waals surface area contributed by atoms with Gasteiger partial charge in [-0.25, -0.2) is 0 Å². The molecule has 0 atom stereocenters. The lowest BCUT2D eigenvalue weighted by molar-refractivity contribution is 1.14. The maximum absolute atomic E-state index is 3.69. The predicted octanol–water partition coefficient (Wildman–Crippen LogP) is 5.42. The van der Waals surface area contributed by atoms with Crippen LogP contribution in [0, 0.1) is 0 Å². The van der Waals surface area contributed by atoms with E-state index in [2.05, 4.69) is 62.1 Å². The third-order valence-electron chi connectivity index (χ3n) is 2.28. The van der Waals surface area contributed by atoms with Crippen molar-refractivity contribution in [1.29, 1.82) is 0 Å². The molecular formula is C17H24. The summed E-state index contributed by atoms with van der Waals surface area (Å²) < 4.78 is 0. The van der Waals surface area contributed by atoms with E-state index >= 15 is 0 Å². The molecule has 0 nitrogen and oxygen atoms in total. The maximum atomic E-state index is 3.69. The second-order valence-electron chi connectivity index (χ2n) is 3.39. The molecule has 0 fully saturated rings. The van der Waals surface area contributed by atoms with Crippen molar-refractivity contribution in [2.24, 2.45) is 0 Å².